The second kappa shape index (κ2) is 4.50. The Morgan fingerprint density at radius 2 is 2.21 bits per heavy atom. The number of pyridine rings is 1. The summed E-state index contributed by atoms with van der Waals surface area (Å²) < 4.78 is 42.2. The minimum absolute atomic E-state index is 0.0351. The summed E-state index contributed by atoms with van der Waals surface area (Å²) in [5.41, 5.74) is -0.674. The van der Waals surface area contributed by atoms with Crippen molar-refractivity contribution in [3.8, 4) is 5.75 Å². The number of nitrogens with zero attached hydrogens (tertiary/aromatic N) is 1. The van der Waals surface area contributed by atoms with Gasteiger partial charge in [-0.15, -0.1) is 11.6 Å². The quantitative estimate of drug-likeness (QED) is 0.583. The van der Waals surface area contributed by atoms with Gasteiger partial charge in [0.15, 0.2) is 5.69 Å². The van der Waals surface area contributed by atoms with E-state index in [0.717, 1.165) is 6.07 Å². The van der Waals surface area contributed by atoms with Crippen molar-refractivity contribution in [1.82, 2.24) is 4.98 Å². The number of halogens is 4. The summed E-state index contributed by atoms with van der Waals surface area (Å²) in [7, 11) is 1.21. The number of hydrogen-bond acceptors (Lipinski definition) is 2. The fourth-order valence-corrected chi connectivity index (χ4v) is 1.13. The van der Waals surface area contributed by atoms with Crippen molar-refractivity contribution < 1.29 is 17.9 Å². The Kier molecular flexibility index (Phi) is 3.57. The molecular formula is C8H7ClF3NO. The highest BCUT2D eigenvalue weighted by Crippen LogP contribution is 2.28. The number of aromatic nitrogens is 1. The summed E-state index contributed by atoms with van der Waals surface area (Å²) in [6.45, 7) is 0. The highest BCUT2D eigenvalue weighted by Gasteiger charge is 2.19. The van der Waals surface area contributed by atoms with Gasteiger partial charge in [-0.2, -0.15) is 4.39 Å². The number of alkyl halides is 3. The van der Waals surface area contributed by atoms with E-state index < -0.39 is 18.1 Å². The first kappa shape index (κ1) is 11.1. The van der Waals surface area contributed by atoms with E-state index in [0.29, 0.717) is 0 Å². The Balaban J connectivity index is 3.24. The monoisotopic (exact) mass is 225 g/mol. The fraction of sp³-hybridized carbons (Fsp3) is 0.375. The van der Waals surface area contributed by atoms with Gasteiger partial charge in [0.1, 0.15) is 5.75 Å². The van der Waals surface area contributed by atoms with Gasteiger partial charge in [-0.3, -0.25) is 0 Å². The average Bonchev–Trinajstić information content (AvgIpc) is 2.17. The van der Waals surface area contributed by atoms with Gasteiger partial charge in [0.2, 0.25) is 5.95 Å². The zero-order chi connectivity index (χ0) is 10.7. The van der Waals surface area contributed by atoms with Crippen molar-refractivity contribution in [2.45, 2.75) is 12.3 Å². The predicted molar refractivity (Wildman–Crippen MR) is 45.3 cm³/mol. The van der Waals surface area contributed by atoms with Gasteiger partial charge in [0, 0.05) is 5.56 Å². The largest absolute Gasteiger partial charge is 0.495 e. The molecule has 0 N–H and O–H groups in total. The van der Waals surface area contributed by atoms with E-state index in [4.69, 9.17) is 11.6 Å². The lowest BCUT2D eigenvalue weighted by Gasteiger charge is -2.08. The number of ether oxygens (including phenoxy) is 1. The van der Waals surface area contributed by atoms with Crippen molar-refractivity contribution in [3.05, 3.63) is 23.3 Å². The van der Waals surface area contributed by atoms with Gasteiger partial charge in [0.25, 0.3) is 6.43 Å². The molecule has 78 valence electrons. The van der Waals surface area contributed by atoms with Crippen LogP contribution < -0.4 is 4.74 Å². The molecule has 0 radical (unpaired) electrons. The molecule has 0 saturated carbocycles. The summed E-state index contributed by atoms with van der Waals surface area (Å²) in [5, 5.41) is 0. The van der Waals surface area contributed by atoms with Gasteiger partial charge in [-0.05, 0) is 6.07 Å². The van der Waals surface area contributed by atoms with E-state index in [9.17, 15) is 13.2 Å². The second-order valence-corrected chi connectivity index (χ2v) is 2.73. The summed E-state index contributed by atoms with van der Waals surface area (Å²) in [6, 6.07) is 1.12. The molecule has 0 aliphatic rings. The van der Waals surface area contributed by atoms with Crippen LogP contribution in [-0.4, -0.2) is 12.1 Å². The van der Waals surface area contributed by atoms with Crippen molar-refractivity contribution in [2.24, 2.45) is 0 Å². The Labute approximate surface area is 83.7 Å². The third-order valence-corrected chi connectivity index (χ3v) is 1.90. The Bertz CT molecular complexity index is 333. The zero-order valence-corrected chi connectivity index (χ0v) is 7.99. The number of methoxy groups -OCH3 is 1. The van der Waals surface area contributed by atoms with Crippen molar-refractivity contribution in [2.75, 3.05) is 7.11 Å². The van der Waals surface area contributed by atoms with Crippen molar-refractivity contribution >= 4 is 11.6 Å². The first-order valence-electron chi connectivity index (χ1n) is 3.67. The predicted octanol–water partition coefficient (Wildman–Crippen LogP) is 2.91. The van der Waals surface area contributed by atoms with Crippen LogP contribution in [0.5, 0.6) is 5.75 Å². The molecule has 0 unspecified atom stereocenters. The Morgan fingerprint density at radius 1 is 1.57 bits per heavy atom. The molecule has 0 fully saturated rings. The van der Waals surface area contributed by atoms with Crippen LogP contribution in [0, 0.1) is 5.95 Å². The van der Waals surface area contributed by atoms with Gasteiger partial charge in [-0.25, -0.2) is 13.8 Å². The van der Waals surface area contributed by atoms with E-state index in [1.165, 1.54) is 7.11 Å². The van der Waals surface area contributed by atoms with Crippen LogP contribution in [0.3, 0.4) is 0 Å². The van der Waals surface area contributed by atoms with E-state index in [1.54, 1.807) is 0 Å². The van der Waals surface area contributed by atoms with Gasteiger partial charge in [-0.1, -0.05) is 0 Å². The van der Waals surface area contributed by atoms with E-state index >= 15 is 0 Å². The van der Waals surface area contributed by atoms with Crippen LogP contribution in [0.2, 0.25) is 0 Å². The normalized spacial score (nSPS) is 10.7. The zero-order valence-electron chi connectivity index (χ0n) is 7.23. The van der Waals surface area contributed by atoms with Crippen LogP contribution in [0.25, 0.3) is 0 Å². The molecule has 6 heteroatoms. The molecule has 0 atom stereocenters. The maximum absolute atomic E-state index is 12.9. The fourth-order valence-electron chi connectivity index (χ4n) is 0.938. The first-order chi connectivity index (χ1) is 6.60. The highest BCUT2D eigenvalue weighted by molar-refractivity contribution is 6.17. The molecule has 1 aromatic rings. The lowest BCUT2D eigenvalue weighted by atomic mass is 10.2. The minimum atomic E-state index is -2.87. The van der Waals surface area contributed by atoms with Gasteiger partial charge in [0.05, 0.1) is 13.0 Å². The van der Waals surface area contributed by atoms with Crippen molar-refractivity contribution in [1.29, 1.82) is 0 Å². The summed E-state index contributed by atoms with van der Waals surface area (Å²) in [6.07, 6.45) is -2.87. The molecule has 1 aromatic heterocycles. The number of hydrogen-bond donors (Lipinski definition) is 0. The lowest BCUT2D eigenvalue weighted by molar-refractivity contribution is 0.140. The maximum Gasteiger partial charge on any atom is 0.284 e. The Morgan fingerprint density at radius 3 is 2.64 bits per heavy atom. The average molecular weight is 226 g/mol. The van der Waals surface area contributed by atoms with Crippen LogP contribution in [0.1, 0.15) is 17.7 Å². The molecule has 1 rings (SSSR count). The molecule has 0 aliphatic carbocycles. The molecule has 0 saturated heterocycles. The molecule has 0 bridgehead atoms. The third kappa shape index (κ3) is 2.09. The molecule has 2 nitrogen and oxygen atoms in total. The molecule has 0 spiro atoms. The molecule has 0 amide bonds. The van der Waals surface area contributed by atoms with E-state index in [1.807, 2.05) is 0 Å². The van der Waals surface area contributed by atoms with Crippen LogP contribution in [0.15, 0.2) is 6.07 Å². The molecular weight excluding hydrogens is 219 g/mol. The van der Waals surface area contributed by atoms with Gasteiger partial charge < -0.3 is 4.74 Å². The van der Waals surface area contributed by atoms with E-state index in [2.05, 4.69) is 9.72 Å². The third-order valence-electron chi connectivity index (χ3n) is 1.61. The molecule has 0 aromatic carbocycles. The molecule has 0 aliphatic heterocycles. The summed E-state index contributed by atoms with van der Waals surface area (Å²) in [4.78, 5) is 3.09. The SMILES string of the molecule is COc1cc(CCl)c(F)nc1C(F)F. The van der Waals surface area contributed by atoms with E-state index in [-0.39, 0.29) is 17.2 Å². The maximum atomic E-state index is 12.9. The minimum Gasteiger partial charge on any atom is -0.495 e. The highest BCUT2D eigenvalue weighted by atomic mass is 35.5. The van der Waals surface area contributed by atoms with Crippen molar-refractivity contribution in [3.63, 3.8) is 0 Å². The van der Waals surface area contributed by atoms with Crippen LogP contribution in [0.4, 0.5) is 13.2 Å². The van der Waals surface area contributed by atoms with Gasteiger partial charge >= 0.3 is 0 Å². The standard InChI is InChI=1S/C8H7ClF3NO/c1-14-5-2-4(3-9)8(12)13-6(5)7(10)11/h2,7H,3H2,1H3. The van der Waals surface area contributed by atoms with Crippen LogP contribution >= 0.6 is 11.6 Å². The molecule has 14 heavy (non-hydrogen) atoms. The number of rotatable bonds is 3. The van der Waals surface area contributed by atoms with Crippen LogP contribution in [-0.2, 0) is 5.88 Å². The first-order valence-corrected chi connectivity index (χ1v) is 4.21. The molecule has 1 heterocycles. The smallest absolute Gasteiger partial charge is 0.284 e. The second-order valence-electron chi connectivity index (χ2n) is 2.46. The topological polar surface area (TPSA) is 22.1 Å². The lowest BCUT2D eigenvalue weighted by Crippen LogP contribution is -2.01. The summed E-state index contributed by atoms with van der Waals surface area (Å²) >= 11 is 5.37. The summed E-state index contributed by atoms with van der Waals surface area (Å²) in [5.74, 6) is -1.29. The Hall–Kier alpha value is -0.970.